The van der Waals surface area contributed by atoms with Crippen LogP contribution in [0.4, 0.5) is 0 Å². The van der Waals surface area contributed by atoms with Crippen LogP contribution in [0.2, 0.25) is 0 Å². The lowest BCUT2D eigenvalue weighted by Crippen LogP contribution is -2.36. The Balaban J connectivity index is 1.33. The van der Waals surface area contributed by atoms with E-state index in [1.54, 1.807) is 31.4 Å². The molecule has 0 saturated carbocycles. The number of nitrogens with one attached hydrogen (secondary N) is 1. The largest absolute Gasteiger partial charge is 0.497 e. The minimum atomic E-state index is -3.49. The predicted molar refractivity (Wildman–Crippen MR) is 133 cm³/mol. The van der Waals surface area contributed by atoms with Gasteiger partial charge in [-0.2, -0.15) is 0 Å². The Morgan fingerprint density at radius 1 is 0.970 bits per heavy atom. The van der Waals surface area contributed by atoms with Gasteiger partial charge >= 0.3 is 0 Å². The van der Waals surface area contributed by atoms with Crippen LogP contribution >= 0.6 is 0 Å². The van der Waals surface area contributed by atoms with E-state index in [1.807, 2.05) is 12.1 Å². The first-order valence-corrected chi connectivity index (χ1v) is 13.6. The molecule has 1 aliphatic rings. The lowest BCUT2D eigenvalue weighted by molar-refractivity contribution is 0.183. The summed E-state index contributed by atoms with van der Waals surface area (Å²) in [6, 6.07) is 15.0. The normalized spacial score (nSPS) is 15.5. The fourth-order valence-electron chi connectivity index (χ4n) is 4.15. The van der Waals surface area contributed by atoms with Gasteiger partial charge in [0.2, 0.25) is 10.0 Å². The molecule has 0 aromatic heterocycles. The molecule has 0 unspecified atom stereocenters. The predicted octanol–water partition coefficient (Wildman–Crippen LogP) is 4.50. The van der Waals surface area contributed by atoms with Crippen molar-refractivity contribution in [1.29, 1.82) is 0 Å². The monoisotopic (exact) mass is 474 g/mol. The number of ether oxygens (including phenoxy) is 2. The van der Waals surface area contributed by atoms with E-state index in [-0.39, 0.29) is 4.90 Å². The van der Waals surface area contributed by atoms with Crippen LogP contribution in [-0.2, 0) is 16.4 Å². The fraction of sp³-hybridized carbons (Fsp3) is 0.538. The molecule has 7 heteroatoms. The molecule has 2 aromatic rings. The van der Waals surface area contributed by atoms with Gasteiger partial charge in [0.1, 0.15) is 11.5 Å². The average Bonchev–Trinajstić information content (AvgIpc) is 2.84. The molecule has 0 amide bonds. The van der Waals surface area contributed by atoms with Crippen molar-refractivity contribution in [2.24, 2.45) is 5.92 Å². The van der Waals surface area contributed by atoms with Gasteiger partial charge in [-0.25, -0.2) is 13.1 Å². The molecule has 0 spiro atoms. The summed E-state index contributed by atoms with van der Waals surface area (Å²) >= 11 is 0. The van der Waals surface area contributed by atoms with Gasteiger partial charge in [-0.1, -0.05) is 25.5 Å². The number of unbranched alkanes of at least 4 members (excludes halogenated alkanes) is 1. The number of rotatable bonds is 13. The summed E-state index contributed by atoms with van der Waals surface area (Å²) in [6.45, 7) is 6.28. The van der Waals surface area contributed by atoms with Crippen molar-refractivity contribution in [3.8, 4) is 11.5 Å². The fourth-order valence-corrected chi connectivity index (χ4v) is 5.23. The van der Waals surface area contributed by atoms with Gasteiger partial charge < -0.3 is 14.4 Å². The zero-order valence-corrected chi connectivity index (χ0v) is 20.8. The zero-order chi connectivity index (χ0) is 23.5. The topological polar surface area (TPSA) is 67.9 Å². The lowest BCUT2D eigenvalue weighted by Gasteiger charge is -2.32. The number of sulfonamides is 1. The molecule has 6 nitrogen and oxygen atoms in total. The smallest absolute Gasteiger partial charge is 0.240 e. The molecule has 1 N–H and O–H groups in total. The van der Waals surface area contributed by atoms with Crippen molar-refractivity contribution in [2.75, 3.05) is 39.9 Å². The van der Waals surface area contributed by atoms with E-state index >= 15 is 0 Å². The lowest BCUT2D eigenvalue weighted by atomic mass is 9.90. The molecule has 0 radical (unpaired) electrons. The highest BCUT2D eigenvalue weighted by Gasteiger charge is 2.20. The number of piperidine rings is 1. The van der Waals surface area contributed by atoms with Crippen LogP contribution < -0.4 is 14.2 Å². The van der Waals surface area contributed by atoms with Gasteiger partial charge in [0.05, 0.1) is 18.6 Å². The minimum Gasteiger partial charge on any atom is -0.497 e. The molecule has 0 aliphatic carbocycles. The summed E-state index contributed by atoms with van der Waals surface area (Å²) in [4.78, 5) is 2.73. The number of hydrogen-bond acceptors (Lipinski definition) is 5. The molecule has 1 fully saturated rings. The number of benzene rings is 2. The van der Waals surface area contributed by atoms with Crippen LogP contribution in [0.1, 0.15) is 44.6 Å². The van der Waals surface area contributed by atoms with Crippen molar-refractivity contribution in [2.45, 2.75) is 50.3 Å². The maximum atomic E-state index is 12.5. The van der Waals surface area contributed by atoms with E-state index in [0.717, 1.165) is 51.1 Å². The van der Waals surface area contributed by atoms with Gasteiger partial charge in [-0.15, -0.1) is 0 Å². The highest BCUT2D eigenvalue weighted by Crippen LogP contribution is 2.23. The standard InChI is InChI=1S/C26H38N2O4S/c1-3-4-20-32-25-10-12-26(13-11-25)33(29,30)27-16-5-17-28-18-14-23(15-19-28)21-22-6-8-24(31-2)9-7-22/h6-13,23,27H,3-5,14-21H2,1-2H3. The molecular weight excluding hydrogens is 436 g/mol. The van der Waals surface area contributed by atoms with Crippen molar-refractivity contribution >= 4 is 10.0 Å². The quantitative estimate of drug-likeness (QED) is 0.433. The number of hydrogen-bond donors (Lipinski definition) is 1. The van der Waals surface area contributed by atoms with Crippen LogP contribution in [0, 0.1) is 5.92 Å². The molecule has 1 aliphatic heterocycles. The van der Waals surface area contributed by atoms with Crippen molar-refractivity contribution in [1.82, 2.24) is 9.62 Å². The van der Waals surface area contributed by atoms with Crippen LogP contribution in [0.15, 0.2) is 53.4 Å². The molecule has 2 aromatic carbocycles. The third-order valence-electron chi connectivity index (χ3n) is 6.23. The molecule has 33 heavy (non-hydrogen) atoms. The van der Waals surface area contributed by atoms with E-state index in [4.69, 9.17) is 9.47 Å². The Morgan fingerprint density at radius 2 is 1.64 bits per heavy atom. The molecule has 182 valence electrons. The van der Waals surface area contributed by atoms with Gasteiger partial charge in [0, 0.05) is 6.54 Å². The average molecular weight is 475 g/mol. The zero-order valence-electron chi connectivity index (χ0n) is 20.0. The summed E-state index contributed by atoms with van der Waals surface area (Å²) in [6.07, 6.45) is 6.34. The van der Waals surface area contributed by atoms with Crippen molar-refractivity contribution in [3.63, 3.8) is 0 Å². The molecular formula is C26H38N2O4S. The second kappa shape index (κ2) is 13.0. The van der Waals surface area contributed by atoms with Crippen LogP contribution in [-0.4, -0.2) is 53.2 Å². The summed E-state index contributed by atoms with van der Waals surface area (Å²) < 4.78 is 38.6. The maximum Gasteiger partial charge on any atom is 0.240 e. The van der Waals surface area contributed by atoms with Gasteiger partial charge in [-0.3, -0.25) is 0 Å². The van der Waals surface area contributed by atoms with E-state index in [2.05, 4.69) is 28.7 Å². The molecule has 1 heterocycles. The first-order chi connectivity index (χ1) is 16.0. The summed E-state index contributed by atoms with van der Waals surface area (Å²) in [5.74, 6) is 2.32. The Hall–Kier alpha value is -2.09. The van der Waals surface area contributed by atoms with Gasteiger partial charge in [-0.05, 0) is 99.6 Å². The highest BCUT2D eigenvalue weighted by molar-refractivity contribution is 7.89. The van der Waals surface area contributed by atoms with Crippen LogP contribution in [0.25, 0.3) is 0 Å². The van der Waals surface area contributed by atoms with E-state index in [9.17, 15) is 8.42 Å². The van der Waals surface area contributed by atoms with E-state index in [1.165, 1.54) is 18.4 Å². The Labute approximate surface area is 199 Å². The molecule has 3 rings (SSSR count). The van der Waals surface area contributed by atoms with Crippen LogP contribution in [0.5, 0.6) is 11.5 Å². The first kappa shape index (κ1) is 25.5. The van der Waals surface area contributed by atoms with Crippen LogP contribution in [0.3, 0.4) is 0 Å². The third-order valence-corrected chi connectivity index (χ3v) is 7.71. The van der Waals surface area contributed by atoms with E-state index in [0.29, 0.717) is 24.8 Å². The van der Waals surface area contributed by atoms with E-state index < -0.39 is 10.0 Å². The molecule has 0 bridgehead atoms. The van der Waals surface area contributed by atoms with Crippen molar-refractivity contribution < 1.29 is 17.9 Å². The summed E-state index contributed by atoms with van der Waals surface area (Å²) in [5.41, 5.74) is 1.37. The number of methoxy groups -OCH3 is 1. The molecule has 1 saturated heterocycles. The Kier molecular flexibility index (Phi) is 10.0. The van der Waals surface area contributed by atoms with Gasteiger partial charge in [0.15, 0.2) is 0 Å². The first-order valence-electron chi connectivity index (χ1n) is 12.1. The SMILES string of the molecule is CCCCOc1ccc(S(=O)(=O)NCCCN2CCC(Cc3ccc(OC)cc3)CC2)cc1. The summed E-state index contributed by atoms with van der Waals surface area (Å²) in [5, 5.41) is 0. The molecule has 0 atom stereocenters. The number of nitrogens with zero attached hydrogens (tertiary/aromatic N) is 1. The Bertz CT molecular complexity index is 922. The van der Waals surface area contributed by atoms with Gasteiger partial charge in [0.25, 0.3) is 0 Å². The third kappa shape index (κ3) is 8.32. The second-order valence-corrected chi connectivity index (χ2v) is 10.5. The maximum absolute atomic E-state index is 12.5. The Morgan fingerprint density at radius 3 is 2.27 bits per heavy atom. The second-order valence-electron chi connectivity index (χ2n) is 8.76. The highest BCUT2D eigenvalue weighted by atomic mass is 32.2. The summed E-state index contributed by atoms with van der Waals surface area (Å²) in [7, 11) is -1.79. The minimum absolute atomic E-state index is 0.282. The van der Waals surface area contributed by atoms with Crippen molar-refractivity contribution in [3.05, 3.63) is 54.1 Å². The number of likely N-dealkylation sites (tertiary alicyclic amines) is 1.